The first-order valence-electron chi connectivity index (χ1n) is 10.4. The largest absolute Gasteiger partial charge is 0.481 e. The van der Waals surface area contributed by atoms with Crippen molar-refractivity contribution >= 4 is 29.3 Å². The number of aliphatic hydroxyl groups excluding tert-OH is 1. The number of thioether (sulfide) groups is 1. The summed E-state index contributed by atoms with van der Waals surface area (Å²) >= 11 is 7.57. The first kappa shape index (κ1) is 21.9. The molecule has 1 fully saturated rings. The predicted octanol–water partition coefficient (Wildman–Crippen LogP) is 6.70. The Labute approximate surface area is 192 Å². The molecule has 0 aromatic heterocycles. The molecule has 0 unspecified atom stereocenters. The molecule has 160 valence electrons. The summed E-state index contributed by atoms with van der Waals surface area (Å²) in [6.07, 6.45) is 0.566. The number of halogens is 1. The van der Waals surface area contributed by atoms with Crippen LogP contribution in [-0.4, -0.2) is 21.4 Å². The molecular weight excluding hydrogens is 428 g/mol. The maximum absolute atomic E-state index is 12.3. The lowest BCUT2D eigenvalue weighted by molar-refractivity contribution is -0.148. The molecule has 0 heterocycles. The van der Waals surface area contributed by atoms with Gasteiger partial charge in [0.2, 0.25) is 0 Å². The van der Waals surface area contributed by atoms with Gasteiger partial charge in [-0.2, -0.15) is 0 Å². The minimum Gasteiger partial charge on any atom is -0.481 e. The van der Waals surface area contributed by atoms with Crippen LogP contribution in [0, 0.1) is 11.3 Å². The molecule has 0 amide bonds. The average Bonchev–Trinajstić information content (AvgIpc) is 3.12. The van der Waals surface area contributed by atoms with E-state index in [4.69, 9.17) is 11.6 Å². The third-order valence-electron chi connectivity index (χ3n) is 6.38. The van der Waals surface area contributed by atoms with Crippen LogP contribution in [0.4, 0.5) is 0 Å². The summed E-state index contributed by atoms with van der Waals surface area (Å²) in [7, 11) is 0. The summed E-state index contributed by atoms with van der Waals surface area (Å²) < 4.78 is 0. The Morgan fingerprint density at radius 3 is 2.16 bits per heavy atom. The maximum Gasteiger partial charge on any atom is 0.308 e. The minimum atomic E-state index is -0.853. The molecule has 1 saturated carbocycles. The van der Waals surface area contributed by atoms with E-state index < -0.39 is 23.4 Å². The van der Waals surface area contributed by atoms with Crippen LogP contribution < -0.4 is 0 Å². The monoisotopic (exact) mass is 452 g/mol. The molecule has 2 N–H and O–H groups in total. The summed E-state index contributed by atoms with van der Waals surface area (Å²) in [5.74, 6) is -1.48. The van der Waals surface area contributed by atoms with Crippen LogP contribution in [0.15, 0.2) is 83.8 Å². The van der Waals surface area contributed by atoms with Crippen molar-refractivity contribution in [1.82, 2.24) is 0 Å². The van der Waals surface area contributed by atoms with Crippen LogP contribution >= 0.6 is 23.4 Å². The van der Waals surface area contributed by atoms with Gasteiger partial charge in [0.1, 0.15) is 0 Å². The van der Waals surface area contributed by atoms with E-state index in [1.807, 2.05) is 85.8 Å². The van der Waals surface area contributed by atoms with E-state index in [9.17, 15) is 15.0 Å². The number of carbonyl (C=O) groups is 1. The topological polar surface area (TPSA) is 57.5 Å². The Kier molecular flexibility index (Phi) is 6.42. The molecule has 4 rings (SSSR count). The van der Waals surface area contributed by atoms with Gasteiger partial charge in [-0.1, -0.05) is 73.1 Å². The van der Waals surface area contributed by atoms with Gasteiger partial charge < -0.3 is 10.2 Å². The maximum atomic E-state index is 12.3. The van der Waals surface area contributed by atoms with Gasteiger partial charge in [-0.15, -0.1) is 11.8 Å². The second-order valence-electron chi connectivity index (χ2n) is 8.36. The molecule has 1 aliphatic rings. The molecule has 5 heteroatoms. The number of rotatable bonds is 6. The van der Waals surface area contributed by atoms with E-state index in [-0.39, 0.29) is 5.25 Å². The van der Waals surface area contributed by atoms with E-state index in [2.05, 4.69) is 0 Å². The first-order chi connectivity index (χ1) is 14.9. The number of aliphatic carboxylic acids is 1. The van der Waals surface area contributed by atoms with Crippen LogP contribution in [0.2, 0.25) is 5.02 Å². The second-order valence-corrected chi connectivity index (χ2v) is 10.1. The highest BCUT2D eigenvalue weighted by Crippen LogP contribution is 2.55. The van der Waals surface area contributed by atoms with E-state index in [0.29, 0.717) is 11.4 Å². The van der Waals surface area contributed by atoms with Crippen LogP contribution in [-0.2, 0) is 4.79 Å². The van der Waals surface area contributed by atoms with Crippen LogP contribution in [0.25, 0.3) is 11.1 Å². The fourth-order valence-electron chi connectivity index (χ4n) is 4.63. The smallest absolute Gasteiger partial charge is 0.308 e. The highest BCUT2D eigenvalue weighted by Gasteiger charge is 2.53. The Balaban J connectivity index is 1.56. The summed E-state index contributed by atoms with van der Waals surface area (Å²) in [6.45, 7) is 1.91. The number of carboxylic acid groups (broad SMARTS) is 1. The molecule has 4 atom stereocenters. The van der Waals surface area contributed by atoms with Crippen molar-refractivity contribution in [3.63, 3.8) is 0 Å². The summed E-state index contributed by atoms with van der Waals surface area (Å²) in [5, 5.41) is 22.0. The van der Waals surface area contributed by atoms with Crippen molar-refractivity contribution in [2.24, 2.45) is 11.3 Å². The van der Waals surface area contributed by atoms with Gasteiger partial charge in [-0.05, 0) is 53.8 Å². The van der Waals surface area contributed by atoms with Crippen LogP contribution in [0.3, 0.4) is 0 Å². The lowest BCUT2D eigenvalue weighted by Crippen LogP contribution is -2.38. The Morgan fingerprint density at radius 2 is 1.58 bits per heavy atom. The van der Waals surface area contributed by atoms with Gasteiger partial charge >= 0.3 is 5.97 Å². The number of aliphatic hydroxyl groups is 1. The van der Waals surface area contributed by atoms with Crippen LogP contribution in [0.1, 0.15) is 31.4 Å². The third kappa shape index (κ3) is 4.52. The normalized spacial score (nSPS) is 24.1. The number of hydrogen-bond donors (Lipinski definition) is 2. The highest BCUT2D eigenvalue weighted by atomic mass is 35.5. The lowest BCUT2D eigenvalue weighted by Gasteiger charge is -2.36. The number of benzene rings is 3. The fourth-order valence-corrected chi connectivity index (χ4v) is 6.22. The SMILES string of the molecule is C[C@]1([C@H](O)c2ccc(-c3ccc(Cl)cc3)cc2)CC[C@@H](Sc2ccccc2)[C@@H]1C(=O)O. The summed E-state index contributed by atoms with van der Waals surface area (Å²) in [5.41, 5.74) is 2.08. The Hall–Kier alpha value is -2.27. The van der Waals surface area contributed by atoms with Crippen LogP contribution in [0.5, 0.6) is 0 Å². The average molecular weight is 453 g/mol. The molecule has 0 spiro atoms. The fraction of sp³-hybridized carbons (Fsp3) is 0.269. The van der Waals surface area contributed by atoms with Gasteiger partial charge in [-0.25, -0.2) is 0 Å². The zero-order chi connectivity index (χ0) is 22.0. The van der Waals surface area contributed by atoms with Crippen molar-refractivity contribution in [3.8, 4) is 11.1 Å². The molecule has 31 heavy (non-hydrogen) atoms. The van der Waals surface area contributed by atoms with E-state index in [0.717, 1.165) is 28.0 Å². The molecule has 0 aliphatic heterocycles. The van der Waals surface area contributed by atoms with Crippen molar-refractivity contribution in [3.05, 3.63) is 89.4 Å². The van der Waals surface area contributed by atoms with Crippen molar-refractivity contribution in [2.45, 2.75) is 36.0 Å². The Morgan fingerprint density at radius 1 is 1.00 bits per heavy atom. The summed E-state index contributed by atoms with van der Waals surface area (Å²) in [4.78, 5) is 13.3. The van der Waals surface area contributed by atoms with E-state index >= 15 is 0 Å². The lowest BCUT2D eigenvalue weighted by atomic mass is 9.72. The van der Waals surface area contributed by atoms with Crippen molar-refractivity contribution < 1.29 is 15.0 Å². The summed E-state index contributed by atoms with van der Waals surface area (Å²) in [6, 6.07) is 25.2. The van der Waals surface area contributed by atoms with Gasteiger partial charge in [-0.3, -0.25) is 4.79 Å². The van der Waals surface area contributed by atoms with E-state index in [1.54, 1.807) is 11.8 Å². The second kappa shape index (κ2) is 9.07. The van der Waals surface area contributed by atoms with Crippen molar-refractivity contribution in [1.29, 1.82) is 0 Å². The van der Waals surface area contributed by atoms with Crippen molar-refractivity contribution in [2.75, 3.05) is 0 Å². The zero-order valence-corrected chi connectivity index (χ0v) is 18.8. The van der Waals surface area contributed by atoms with Gasteiger partial charge in [0, 0.05) is 20.6 Å². The molecule has 0 bridgehead atoms. The highest BCUT2D eigenvalue weighted by molar-refractivity contribution is 8.00. The molecule has 0 radical (unpaired) electrons. The molecule has 0 saturated heterocycles. The molecule has 3 aromatic rings. The number of hydrogen-bond acceptors (Lipinski definition) is 3. The molecule has 3 nitrogen and oxygen atoms in total. The molecular formula is C26H25ClO3S. The van der Waals surface area contributed by atoms with E-state index in [1.165, 1.54) is 0 Å². The first-order valence-corrected chi connectivity index (χ1v) is 11.6. The predicted molar refractivity (Wildman–Crippen MR) is 126 cm³/mol. The molecule has 3 aromatic carbocycles. The zero-order valence-electron chi connectivity index (χ0n) is 17.2. The van der Waals surface area contributed by atoms with Gasteiger partial charge in [0.15, 0.2) is 0 Å². The Bertz CT molecular complexity index is 1040. The number of carboxylic acids is 1. The van der Waals surface area contributed by atoms with Gasteiger partial charge in [0.05, 0.1) is 12.0 Å². The van der Waals surface area contributed by atoms with Gasteiger partial charge in [0.25, 0.3) is 0 Å². The molecule has 1 aliphatic carbocycles. The third-order valence-corrected chi connectivity index (χ3v) is 7.98. The standard InChI is InChI=1S/C26H25ClO3S/c1-26(16-15-22(23(26)25(29)30)31-21-5-3-2-4-6-21)24(28)19-9-7-17(8-10-19)18-11-13-20(27)14-12-18/h2-14,22-24,28H,15-16H2,1H3,(H,29,30)/t22-,23-,24-,26+/m1/s1. The quantitative estimate of drug-likeness (QED) is 0.436. The minimum absolute atomic E-state index is 0.0760.